The molecule has 0 N–H and O–H groups in total. The van der Waals surface area contributed by atoms with E-state index in [1.807, 2.05) is 36.4 Å². The van der Waals surface area contributed by atoms with Gasteiger partial charge in [0.15, 0.2) is 0 Å². The van der Waals surface area contributed by atoms with Crippen molar-refractivity contribution in [1.29, 1.82) is 0 Å². The maximum atomic E-state index is 12.4. The molecule has 4 nitrogen and oxygen atoms in total. The lowest BCUT2D eigenvalue weighted by Crippen LogP contribution is -2.29. The van der Waals surface area contributed by atoms with Crippen LogP contribution >= 0.6 is 23.5 Å². The molecular weight excluding hydrogens is 388 g/mol. The van der Waals surface area contributed by atoms with E-state index in [-0.39, 0.29) is 33.1 Å². The summed E-state index contributed by atoms with van der Waals surface area (Å²) < 4.78 is 0.113. The molecule has 6 heteroatoms. The van der Waals surface area contributed by atoms with Crippen molar-refractivity contribution in [2.24, 2.45) is 0 Å². The number of hydrogen-bond acceptors (Lipinski definition) is 4. The Morgan fingerprint density at radius 2 is 1.07 bits per heavy atom. The van der Waals surface area contributed by atoms with E-state index in [9.17, 15) is 10.4 Å². The molecule has 0 radical (unpaired) electrons. The topological polar surface area (TPSA) is 52.1 Å². The number of nitrogens with zero attached hydrogens (tertiary/aromatic N) is 2. The van der Waals surface area contributed by atoms with Crippen LogP contribution < -0.4 is 0 Å². The van der Waals surface area contributed by atoms with Gasteiger partial charge in [-0.2, -0.15) is 0 Å². The molecule has 2 aromatic carbocycles. The second-order valence-corrected chi connectivity index (χ2v) is 11.7. The molecule has 0 bridgehead atoms. The average Bonchev–Trinajstić information content (AvgIpc) is 3.51. The first-order valence-corrected chi connectivity index (χ1v) is 11.5. The quantitative estimate of drug-likeness (QED) is 0.272. The predicted molar refractivity (Wildman–Crippen MR) is 117 cm³/mol. The summed E-state index contributed by atoms with van der Waals surface area (Å²) in [6, 6.07) is 20.7. The van der Waals surface area contributed by atoms with E-state index in [1.54, 1.807) is 23.5 Å². The zero-order valence-corrected chi connectivity index (χ0v) is 17.9. The van der Waals surface area contributed by atoms with Gasteiger partial charge in [0.05, 0.1) is 10.5 Å². The zero-order valence-electron chi connectivity index (χ0n) is 16.3. The minimum absolute atomic E-state index is 0.0566. The lowest BCUT2D eigenvalue weighted by atomic mass is 9.98. The van der Waals surface area contributed by atoms with Crippen LogP contribution in [0, 0.1) is 10.4 Å². The third kappa shape index (κ3) is 4.49. The first-order valence-electron chi connectivity index (χ1n) is 9.71. The molecule has 2 fully saturated rings. The van der Waals surface area contributed by atoms with E-state index in [2.05, 4.69) is 38.1 Å². The van der Waals surface area contributed by atoms with Crippen molar-refractivity contribution in [1.82, 2.24) is 0 Å². The van der Waals surface area contributed by atoms with Crippen molar-refractivity contribution >= 4 is 23.5 Å². The van der Waals surface area contributed by atoms with E-state index < -0.39 is 0 Å². The van der Waals surface area contributed by atoms with Gasteiger partial charge in [0.1, 0.15) is 0 Å². The van der Waals surface area contributed by atoms with Gasteiger partial charge in [0.25, 0.3) is 0 Å². The summed E-state index contributed by atoms with van der Waals surface area (Å²) in [7, 11) is 0. The summed E-state index contributed by atoms with van der Waals surface area (Å²) in [6.45, 7) is 4.91. The molecule has 0 aliphatic carbocycles. The van der Waals surface area contributed by atoms with E-state index in [1.165, 1.54) is 11.1 Å². The third-order valence-corrected chi connectivity index (χ3v) is 9.09. The molecule has 4 atom stereocenters. The molecule has 28 heavy (non-hydrogen) atoms. The monoisotopic (exact) mass is 414 g/mol. The van der Waals surface area contributed by atoms with Gasteiger partial charge in [-0.1, -0.05) is 60.7 Å². The molecule has 148 valence electrons. The van der Waals surface area contributed by atoms with Gasteiger partial charge in [0, 0.05) is 19.2 Å². The molecule has 2 aliphatic heterocycles. The van der Waals surface area contributed by atoms with Crippen LogP contribution in [0.4, 0.5) is 0 Å². The Kier molecular flexibility index (Phi) is 5.36. The summed E-state index contributed by atoms with van der Waals surface area (Å²) in [5.41, 5.74) is 2.56. The van der Waals surface area contributed by atoms with Gasteiger partial charge in [-0.05, 0) is 37.8 Å². The first kappa shape index (κ1) is 19.6. The summed E-state index contributed by atoms with van der Waals surface area (Å²) in [5.74, 6) is 0. The highest BCUT2D eigenvalue weighted by molar-refractivity contribution is 8.09. The second-order valence-electron chi connectivity index (χ2n) is 8.23. The van der Waals surface area contributed by atoms with E-state index >= 15 is 0 Å². The molecule has 0 aromatic heterocycles. The van der Waals surface area contributed by atoms with Crippen LogP contribution in [-0.2, 0) is 12.8 Å². The first-order chi connectivity index (χ1) is 13.4. The number of thioether (sulfide) groups is 2. The maximum absolute atomic E-state index is 12.4. The van der Waals surface area contributed by atoms with Gasteiger partial charge in [0.2, 0.25) is 13.1 Å². The molecule has 2 aromatic rings. The standard InChI is InChI=1S/C22H26N2O2S2/c1-21(13-17-9-5-3-6-10-17)19(27-21)15-23(25)24(26)16-20-22(2,28-20)14-18-11-7-4-8-12-18/h3-12,19-20H,13-16H2,1-2H3/b24-23+. The largest absolute Gasteiger partial charge is 0.567 e. The van der Waals surface area contributed by atoms with Crippen LogP contribution in [0.1, 0.15) is 25.0 Å². The van der Waals surface area contributed by atoms with Crippen molar-refractivity contribution < 1.29 is 9.72 Å². The second kappa shape index (κ2) is 7.64. The van der Waals surface area contributed by atoms with E-state index in [0.29, 0.717) is 9.72 Å². The molecule has 2 heterocycles. The van der Waals surface area contributed by atoms with Crippen molar-refractivity contribution in [3.63, 3.8) is 0 Å². The average molecular weight is 415 g/mol. The number of benzene rings is 2. The van der Waals surface area contributed by atoms with Crippen molar-refractivity contribution in [3.05, 3.63) is 82.2 Å². The van der Waals surface area contributed by atoms with Crippen LogP contribution in [0.25, 0.3) is 0 Å². The molecule has 2 aliphatic rings. The zero-order chi connectivity index (χ0) is 19.8. The van der Waals surface area contributed by atoms with E-state index in [0.717, 1.165) is 12.8 Å². The highest BCUT2D eigenvalue weighted by Gasteiger charge is 2.56. The minimum atomic E-state index is 0.0566. The SMILES string of the molecule is CC1(Cc2ccccc2)SC1C/[N+]([O-])=[N+](\[O-])CC1SC1(C)Cc1ccccc1. The third-order valence-electron chi connectivity index (χ3n) is 5.76. The minimum Gasteiger partial charge on any atom is -0.567 e. The fraction of sp³-hybridized carbons (Fsp3) is 0.455. The van der Waals surface area contributed by atoms with Crippen LogP contribution in [0.15, 0.2) is 60.7 Å². The van der Waals surface area contributed by atoms with Gasteiger partial charge in [-0.15, -0.1) is 23.5 Å². The molecular formula is C22H26N2O2S2. The van der Waals surface area contributed by atoms with Crippen molar-refractivity contribution in [2.45, 2.75) is 46.7 Å². The van der Waals surface area contributed by atoms with Gasteiger partial charge in [-0.25, -0.2) is 0 Å². The Bertz CT molecular complexity index is 790. The molecule has 2 saturated heterocycles. The Morgan fingerprint density at radius 3 is 1.43 bits per heavy atom. The molecule has 0 spiro atoms. The smallest absolute Gasteiger partial charge is 0.233 e. The van der Waals surface area contributed by atoms with Crippen LogP contribution in [0.2, 0.25) is 0 Å². The summed E-state index contributed by atoms with van der Waals surface area (Å²) >= 11 is 3.61. The summed E-state index contributed by atoms with van der Waals surface area (Å²) in [6.07, 6.45) is 1.87. The fourth-order valence-electron chi connectivity index (χ4n) is 3.82. The number of hydroxylamine groups is 2. The number of rotatable bonds is 8. The molecule has 4 rings (SSSR count). The number of azo groups is 1. The molecule has 4 unspecified atom stereocenters. The predicted octanol–water partition coefficient (Wildman–Crippen LogP) is 4.69. The van der Waals surface area contributed by atoms with E-state index in [4.69, 9.17) is 0 Å². The Morgan fingerprint density at radius 1 is 0.714 bits per heavy atom. The fourth-order valence-corrected chi connectivity index (χ4v) is 6.21. The molecule has 0 saturated carbocycles. The highest BCUT2D eigenvalue weighted by atomic mass is 32.2. The van der Waals surface area contributed by atoms with Gasteiger partial charge < -0.3 is 10.4 Å². The van der Waals surface area contributed by atoms with Crippen LogP contribution in [0.5, 0.6) is 0 Å². The van der Waals surface area contributed by atoms with Gasteiger partial charge in [-0.3, -0.25) is 0 Å². The lowest BCUT2D eigenvalue weighted by Gasteiger charge is -2.10. The molecule has 0 amide bonds. The normalized spacial score (nSPS) is 31.9. The summed E-state index contributed by atoms with van der Waals surface area (Å²) in [5, 5.41) is 25.2. The Hall–Kier alpha value is -1.66. The van der Waals surface area contributed by atoms with Gasteiger partial charge >= 0.3 is 0 Å². The summed E-state index contributed by atoms with van der Waals surface area (Å²) in [4.78, 5) is 1.27. The Labute approximate surface area is 175 Å². The number of hydrogen-bond donors (Lipinski definition) is 0. The maximum Gasteiger partial charge on any atom is 0.233 e. The highest BCUT2D eigenvalue weighted by Crippen LogP contribution is 2.56. The van der Waals surface area contributed by atoms with Crippen molar-refractivity contribution in [2.75, 3.05) is 13.1 Å². The Balaban J connectivity index is 1.29. The van der Waals surface area contributed by atoms with Crippen molar-refractivity contribution in [3.8, 4) is 0 Å². The van der Waals surface area contributed by atoms with Crippen LogP contribution in [-0.4, -0.2) is 42.8 Å². The van der Waals surface area contributed by atoms with Crippen LogP contribution in [0.3, 0.4) is 0 Å². The lowest BCUT2D eigenvalue weighted by molar-refractivity contribution is -0.969.